The molecule has 2 nitrogen and oxygen atoms in total. The van der Waals surface area contributed by atoms with Crippen molar-refractivity contribution in [2.45, 2.75) is 20.0 Å². The lowest BCUT2D eigenvalue weighted by atomic mass is 10.1. The number of nitrogen functional groups attached to an aromatic ring is 1. The van der Waals surface area contributed by atoms with Crippen molar-refractivity contribution in [2.75, 3.05) is 5.73 Å². The Bertz CT molecular complexity index is 636. The number of hydrogen-bond acceptors (Lipinski definition) is 2. The molecule has 2 rings (SSSR count). The minimum absolute atomic E-state index is 0.0469. The van der Waals surface area contributed by atoms with Crippen LogP contribution in [0.2, 0.25) is 0 Å². The van der Waals surface area contributed by atoms with Crippen LogP contribution in [-0.2, 0) is 6.18 Å². The highest BCUT2D eigenvalue weighted by atomic mass is 19.4. The Morgan fingerprint density at radius 2 is 1.70 bits per heavy atom. The van der Waals surface area contributed by atoms with Crippen molar-refractivity contribution in [1.29, 1.82) is 0 Å². The number of anilines is 1. The van der Waals surface area contributed by atoms with E-state index in [0.717, 1.165) is 17.2 Å². The highest BCUT2D eigenvalue weighted by molar-refractivity contribution is 5.51. The lowest BCUT2D eigenvalue weighted by Crippen LogP contribution is -2.08. The van der Waals surface area contributed by atoms with Gasteiger partial charge in [-0.25, -0.2) is 0 Å². The number of halogens is 3. The monoisotopic (exact) mass is 281 g/mol. The second kappa shape index (κ2) is 5.07. The van der Waals surface area contributed by atoms with Crippen molar-refractivity contribution in [2.24, 2.45) is 0 Å². The number of ether oxygens (including phenoxy) is 1. The summed E-state index contributed by atoms with van der Waals surface area (Å²) in [6.45, 7) is 3.67. The van der Waals surface area contributed by atoms with Crippen molar-refractivity contribution in [3.8, 4) is 11.5 Å². The molecule has 0 aliphatic carbocycles. The summed E-state index contributed by atoms with van der Waals surface area (Å²) in [7, 11) is 0. The van der Waals surface area contributed by atoms with Gasteiger partial charge in [-0.3, -0.25) is 0 Å². The molecule has 2 N–H and O–H groups in total. The molecule has 0 aliphatic rings. The van der Waals surface area contributed by atoms with Crippen LogP contribution < -0.4 is 10.5 Å². The number of hydrogen-bond donors (Lipinski definition) is 1. The molecule has 0 saturated carbocycles. The molecule has 0 radical (unpaired) electrons. The van der Waals surface area contributed by atoms with Gasteiger partial charge in [0.1, 0.15) is 17.1 Å². The van der Waals surface area contributed by atoms with Crippen molar-refractivity contribution < 1.29 is 17.9 Å². The molecule has 0 saturated heterocycles. The molecule has 0 atom stereocenters. The van der Waals surface area contributed by atoms with E-state index in [1.807, 2.05) is 13.0 Å². The fourth-order valence-corrected chi connectivity index (χ4v) is 1.81. The Kier molecular flexibility index (Phi) is 3.61. The smallest absolute Gasteiger partial charge is 0.420 e. The van der Waals surface area contributed by atoms with Gasteiger partial charge in [0.05, 0.1) is 0 Å². The zero-order valence-corrected chi connectivity index (χ0v) is 11.1. The Labute approximate surface area is 115 Å². The van der Waals surface area contributed by atoms with E-state index in [4.69, 9.17) is 10.5 Å². The van der Waals surface area contributed by atoms with E-state index in [1.165, 1.54) is 12.1 Å². The predicted molar refractivity (Wildman–Crippen MR) is 71.8 cm³/mol. The zero-order chi connectivity index (χ0) is 14.9. The summed E-state index contributed by atoms with van der Waals surface area (Å²) in [4.78, 5) is 0. The van der Waals surface area contributed by atoms with Gasteiger partial charge in [-0.2, -0.15) is 13.2 Å². The van der Waals surface area contributed by atoms with E-state index < -0.39 is 11.7 Å². The van der Waals surface area contributed by atoms with Gasteiger partial charge in [0.15, 0.2) is 0 Å². The molecule has 106 valence electrons. The van der Waals surface area contributed by atoms with Gasteiger partial charge in [-0.1, -0.05) is 12.1 Å². The van der Waals surface area contributed by atoms with Gasteiger partial charge in [0.25, 0.3) is 0 Å². The van der Waals surface area contributed by atoms with Crippen LogP contribution in [0.5, 0.6) is 11.5 Å². The molecule has 20 heavy (non-hydrogen) atoms. The Balaban J connectivity index is 2.46. The lowest BCUT2D eigenvalue weighted by Gasteiger charge is -2.16. The normalized spacial score (nSPS) is 11.4. The summed E-state index contributed by atoms with van der Waals surface area (Å²) in [6.07, 6.45) is -4.51. The Morgan fingerprint density at radius 3 is 2.35 bits per heavy atom. The molecule has 0 amide bonds. The minimum Gasteiger partial charge on any atom is -0.456 e. The summed E-state index contributed by atoms with van der Waals surface area (Å²) in [5.41, 5.74) is 6.34. The van der Waals surface area contributed by atoms with Gasteiger partial charge in [0, 0.05) is 5.69 Å². The number of alkyl halides is 3. The van der Waals surface area contributed by atoms with E-state index in [1.54, 1.807) is 19.1 Å². The van der Waals surface area contributed by atoms with Crippen LogP contribution in [0, 0.1) is 13.8 Å². The highest BCUT2D eigenvalue weighted by Crippen LogP contribution is 2.39. The van der Waals surface area contributed by atoms with E-state index >= 15 is 0 Å². The SMILES string of the molecule is Cc1cccc(Oc2ccc(N)cc2C(F)(F)F)c1C. The van der Waals surface area contributed by atoms with Gasteiger partial charge in [-0.15, -0.1) is 0 Å². The summed E-state index contributed by atoms with van der Waals surface area (Å²) >= 11 is 0. The highest BCUT2D eigenvalue weighted by Gasteiger charge is 2.34. The summed E-state index contributed by atoms with van der Waals surface area (Å²) in [6, 6.07) is 8.74. The van der Waals surface area contributed by atoms with Crippen molar-refractivity contribution >= 4 is 5.69 Å². The number of aryl methyl sites for hydroxylation is 1. The largest absolute Gasteiger partial charge is 0.456 e. The van der Waals surface area contributed by atoms with Crippen LogP contribution >= 0.6 is 0 Å². The molecule has 0 spiro atoms. The Morgan fingerprint density at radius 1 is 1.00 bits per heavy atom. The van der Waals surface area contributed by atoms with E-state index in [2.05, 4.69) is 0 Å². The van der Waals surface area contributed by atoms with Crippen molar-refractivity contribution in [3.05, 3.63) is 53.1 Å². The molecule has 5 heteroatoms. The first-order valence-electron chi connectivity index (χ1n) is 6.00. The minimum atomic E-state index is -4.51. The molecule has 0 unspecified atom stereocenters. The summed E-state index contributed by atoms with van der Waals surface area (Å²) in [5.74, 6) is 0.153. The van der Waals surface area contributed by atoms with Gasteiger partial charge in [0.2, 0.25) is 0 Å². The molecule has 0 fully saturated rings. The van der Waals surface area contributed by atoms with Gasteiger partial charge in [-0.05, 0) is 49.2 Å². The van der Waals surface area contributed by atoms with Crippen LogP contribution in [0.25, 0.3) is 0 Å². The predicted octanol–water partition coefficient (Wildman–Crippen LogP) is 4.70. The average molecular weight is 281 g/mol. The molecule has 2 aromatic rings. The summed E-state index contributed by atoms with van der Waals surface area (Å²) in [5, 5.41) is 0. The third-order valence-corrected chi connectivity index (χ3v) is 3.08. The quantitative estimate of drug-likeness (QED) is 0.810. The first-order valence-corrected chi connectivity index (χ1v) is 6.00. The molecule has 0 bridgehead atoms. The maximum absolute atomic E-state index is 13.0. The molecule has 0 aromatic heterocycles. The van der Waals surface area contributed by atoms with Crippen LogP contribution in [0.4, 0.5) is 18.9 Å². The lowest BCUT2D eigenvalue weighted by molar-refractivity contribution is -0.138. The Hall–Kier alpha value is -2.17. The fraction of sp³-hybridized carbons (Fsp3) is 0.200. The van der Waals surface area contributed by atoms with Crippen molar-refractivity contribution in [3.63, 3.8) is 0 Å². The first-order chi connectivity index (χ1) is 9.29. The van der Waals surface area contributed by atoms with Crippen LogP contribution in [0.1, 0.15) is 16.7 Å². The number of benzene rings is 2. The molecular weight excluding hydrogens is 267 g/mol. The second-order valence-corrected chi connectivity index (χ2v) is 4.55. The van der Waals surface area contributed by atoms with E-state index in [0.29, 0.717) is 5.75 Å². The third kappa shape index (κ3) is 2.87. The van der Waals surface area contributed by atoms with Crippen LogP contribution in [0.3, 0.4) is 0 Å². The van der Waals surface area contributed by atoms with Crippen LogP contribution in [-0.4, -0.2) is 0 Å². The molecular formula is C15H14F3NO. The van der Waals surface area contributed by atoms with E-state index in [9.17, 15) is 13.2 Å². The van der Waals surface area contributed by atoms with Crippen molar-refractivity contribution in [1.82, 2.24) is 0 Å². The molecule has 2 aromatic carbocycles. The second-order valence-electron chi connectivity index (χ2n) is 4.55. The fourth-order valence-electron chi connectivity index (χ4n) is 1.81. The maximum Gasteiger partial charge on any atom is 0.420 e. The zero-order valence-electron chi connectivity index (χ0n) is 11.1. The van der Waals surface area contributed by atoms with Crippen LogP contribution in [0.15, 0.2) is 36.4 Å². The average Bonchev–Trinajstić information content (AvgIpc) is 2.36. The first kappa shape index (κ1) is 14.2. The van der Waals surface area contributed by atoms with E-state index in [-0.39, 0.29) is 11.4 Å². The number of rotatable bonds is 2. The maximum atomic E-state index is 13.0. The molecule has 0 aliphatic heterocycles. The van der Waals surface area contributed by atoms with Gasteiger partial charge < -0.3 is 10.5 Å². The number of nitrogens with two attached hydrogens (primary N) is 1. The topological polar surface area (TPSA) is 35.2 Å². The standard InChI is InChI=1S/C15H14F3NO/c1-9-4-3-5-13(10(9)2)20-14-7-6-11(19)8-12(14)15(16,17)18/h3-8H,19H2,1-2H3. The third-order valence-electron chi connectivity index (χ3n) is 3.08. The molecule has 0 heterocycles. The van der Waals surface area contributed by atoms with Gasteiger partial charge >= 0.3 is 6.18 Å². The summed E-state index contributed by atoms with van der Waals surface area (Å²) < 4.78 is 44.4.